The maximum Gasteiger partial charge on any atom is 0.151 e. The summed E-state index contributed by atoms with van der Waals surface area (Å²) in [7, 11) is 0. The van der Waals surface area contributed by atoms with E-state index in [-0.39, 0.29) is 18.0 Å². The lowest BCUT2D eigenvalue weighted by Crippen LogP contribution is -2.23. The molecule has 1 aromatic carbocycles. The van der Waals surface area contributed by atoms with Crippen LogP contribution in [0.4, 0.5) is 4.39 Å². The average molecular weight is 220 g/mol. The Bertz CT molecular complexity index is 549. The number of aromatic nitrogens is 2. The molecule has 0 N–H and O–H groups in total. The normalized spacial score (nSPS) is 24.7. The Morgan fingerprint density at radius 2 is 2.25 bits per heavy atom. The van der Waals surface area contributed by atoms with E-state index in [0.717, 1.165) is 11.3 Å². The molecular weight excluding hydrogens is 207 g/mol. The molecule has 16 heavy (non-hydrogen) atoms. The van der Waals surface area contributed by atoms with Gasteiger partial charge in [0.25, 0.3) is 0 Å². The summed E-state index contributed by atoms with van der Waals surface area (Å²) in [6.07, 6.45) is -0.0667. The van der Waals surface area contributed by atoms with Gasteiger partial charge in [0, 0.05) is 0 Å². The first kappa shape index (κ1) is 9.78. The van der Waals surface area contributed by atoms with Crippen LogP contribution in [-0.2, 0) is 4.74 Å². The molecule has 1 aliphatic rings. The fraction of sp³-hybridized carbons (Fsp3) is 0.417. The first-order valence-corrected chi connectivity index (χ1v) is 5.46. The van der Waals surface area contributed by atoms with Gasteiger partial charge in [-0.15, -0.1) is 0 Å². The van der Waals surface area contributed by atoms with Crippen LogP contribution >= 0.6 is 0 Å². The molecule has 2 heterocycles. The van der Waals surface area contributed by atoms with Crippen molar-refractivity contribution < 1.29 is 9.13 Å². The summed E-state index contributed by atoms with van der Waals surface area (Å²) in [5.41, 5.74) is 1.30. The van der Waals surface area contributed by atoms with Crippen molar-refractivity contribution in [1.82, 2.24) is 9.55 Å². The zero-order chi connectivity index (χ0) is 11.3. The van der Waals surface area contributed by atoms with Gasteiger partial charge in [0.1, 0.15) is 17.4 Å². The summed E-state index contributed by atoms with van der Waals surface area (Å²) in [5, 5.41) is 0. The van der Waals surface area contributed by atoms with Gasteiger partial charge in [0.05, 0.1) is 18.2 Å². The second kappa shape index (κ2) is 3.28. The predicted octanol–water partition coefficient (Wildman–Crippen LogP) is 2.83. The highest BCUT2D eigenvalue weighted by molar-refractivity contribution is 5.77. The van der Waals surface area contributed by atoms with Crippen LogP contribution < -0.4 is 0 Å². The number of rotatable bonds is 0. The largest absolute Gasteiger partial charge is 0.368 e. The fourth-order valence-electron chi connectivity index (χ4n) is 2.28. The van der Waals surface area contributed by atoms with Gasteiger partial charge < -0.3 is 9.30 Å². The van der Waals surface area contributed by atoms with E-state index in [1.54, 1.807) is 6.07 Å². The number of fused-ring (bicyclic) bond motifs is 3. The molecule has 1 aromatic heterocycles. The van der Waals surface area contributed by atoms with Gasteiger partial charge in [-0.3, -0.25) is 0 Å². The molecule has 1 aliphatic heterocycles. The number of ether oxygens (including phenoxy) is 1. The van der Waals surface area contributed by atoms with E-state index in [1.807, 2.05) is 13.0 Å². The number of hydrogen-bond donors (Lipinski definition) is 0. The van der Waals surface area contributed by atoms with Crippen LogP contribution in [-0.4, -0.2) is 16.2 Å². The zero-order valence-corrected chi connectivity index (χ0v) is 9.27. The van der Waals surface area contributed by atoms with Gasteiger partial charge in [0.2, 0.25) is 0 Å². The Labute approximate surface area is 92.8 Å². The third-order valence-corrected chi connectivity index (χ3v) is 3.09. The van der Waals surface area contributed by atoms with Crippen LogP contribution in [0.1, 0.15) is 31.8 Å². The molecule has 2 unspecified atom stereocenters. The SMILES string of the molecule is CC1OCC(C)n2c1nc1c(F)cccc12. The third kappa shape index (κ3) is 1.19. The van der Waals surface area contributed by atoms with Crippen molar-refractivity contribution in [2.45, 2.75) is 26.0 Å². The molecule has 0 radical (unpaired) electrons. The van der Waals surface area contributed by atoms with Gasteiger partial charge in [-0.1, -0.05) is 6.07 Å². The predicted molar refractivity (Wildman–Crippen MR) is 58.8 cm³/mol. The summed E-state index contributed by atoms with van der Waals surface area (Å²) in [6, 6.07) is 5.28. The zero-order valence-electron chi connectivity index (χ0n) is 9.27. The number of halogens is 1. The van der Waals surface area contributed by atoms with Crippen molar-refractivity contribution >= 4 is 11.0 Å². The molecule has 0 spiro atoms. The molecule has 0 amide bonds. The maximum atomic E-state index is 13.6. The first-order chi connectivity index (χ1) is 7.68. The van der Waals surface area contributed by atoms with Crippen molar-refractivity contribution in [2.24, 2.45) is 0 Å². The number of benzene rings is 1. The lowest BCUT2D eigenvalue weighted by molar-refractivity contribution is 0.0134. The van der Waals surface area contributed by atoms with Crippen LogP contribution in [0.15, 0.2) is 18.2 Å². The molecular formula is C12H13FN2O. The lowest BCUT2D eigenvalue weighted by atomic mass is 10.2. The van der Waals surface area contributed by atoms with E-state index in [9.17, 15) is 4.39 Å². The fourth-order valence-corrected chi connectivity index (χ4v) is 2.28. The van der Waals surface area contributed by atoms with Crippen LogP contribution in [0.3, 0.4) is 0 Å². The number of imidazole rings is 1. The topological polar surface area (TPSA) is 27.1 Å². The number of para-hydroxylation sites is 1. The Hall–Kier alpha value is -1.42. The van der Waals surface area contributed by atoms with Crippen LogP contribution in [0.25, 0.3) is 11.0 Å². The molecule has 0 saturated heterocycles. The van der Waals surface area contributed by atoms with Crippen molar-refractivity contribution in [3.05, 3.63) is 29.8 Å². The minimum Gasteiger partial charge on any atom is -0.368 e. The van der Waals surface area contributed by atoms with Gasteiger partial charge >= 0.3 is 0 Å². The Kier molecular flexibility index (Phi) is 2.01. The van der Waals surface area contributed by atoms with Gasteiger partial charge in [-0.25, -0.2) is 9.37 Å². The van der Waals surface area contributed by atoms with E-state index in [4.69, 9.17) is 4.74 Å². The monoisotopic (exact) mass is 220 g/mol. The highest BCUT2D eigenvalue weighted by Gasteiger charge is 2.26. The molecule has 3 rings (SSSR count). The summed E-state index contributed by atoms with van der Waals surface area (Å²) in [6.45, 7) is 4.65. The molecule has 0 bridgehead atoms. The van der Waals surface area contributed by atoms with E-state index >= 15 is 0 Å². The van der Waals surface area contributed by atoms with Gasteiger partial charge in [0.15, 0.2) is 5.82 Å². The molecule has 2 atom stereocenters. The second-order valence-corrected chi connectivity index (χ2v) is 4.27. The average Bonchev–Trinajstić information content (AvgIpc) is 2.66. The van der Waals surface area contributed by atoms with E-state index in [2.05, 4.69) is 16.5 Å². The summed E-state index contributed by atoms with van der Waals surface area (Å²) in [5.74, 6) is 0.553. The smallest absolute Gasteiger partial charge is 0.151 e. The summed E-state index contributed by atoms with van der Waals surface area (Å²) < 4.78 is 21.3. The molecule has 0 aliphatic carbocycles. The van der Waals surface area contributed by atoms with Crippen molar-refractivity contribution in [2.75, 3.05) is 6.61 Å². The van der Waals surface area contributed by atoms with Crippen molar-refractivity contribution in [3.8, 4) is 0 Å². The summed E-state index contributed by atoms with van der Waals surface area (Å²) in [4.78, 5) is 4.35. The second-order valence-electron chi connectivity index (χ2n) is 4.27. The molecule has 3 nitrogen and oxygen atoms in total. The molecule has 4 heteroatoms. The van der Waals surface area contributed by atoms with Crippen LogP contribution in [0.5, 0.6) is 0 Å². The number of nitrogens with zero attached hydrogens (tertiary/aromatic N) is 2. The van der Waals surface area contributed by atoms with E-state index < -0.39 is 0 Å². The minimum absolute atomic E-state index is 0.0667. The van der Waals surface area contributed by atoms with E-state index in [1.165, 1.54) is 6.07 Å². The van der Waals surface area contributed by atoms with E-state index in [0.29, 0.717) is 12.1 Å². The van der Waals surface area contributed by atoms with Gasteiger partial charge in [-0.2, -0.15) is 0 Å². The van der Waals surface area contributed by atoms with Crippen molar-refractivity contribution in [1.29, 1.82) is 0 Å². The molecule has 0 fully saturated rings. The standard InChI is InChI=1S/C12H13FN2O/c1-7-6-16-8(2)12-14-11-9(13)4-3-5-10(11)15(7)12/h3-5,7-8H,6H2,1-2H3. The highest BCUT2D eigenvalue weighted by Crippen LogP contribution is 2.32. The molecule has 84 valence electrons. The first-order valence-electron chi connectivity index (χ1n) is 5.46. The minimum atomic E-state index is -0.265. The van der Waals surface area contributed by atoms with Gasteiger partial charge in [-0.05, 0) is 26.0 Å². The third-order valence-electron chi connectivity index (χ3n) is 3.09. The van der Waals surface area contributed by atoms with Crippen LogP contribution in [0, 0.1) is 5.82 Å². The number of hydrogen-bond acceptors (Lipinski definition) is 2. The Morgan fingerprint density at radius 3 is 3.06 bits per heavy atom. The maximum absolute atomic E-state index is 13.6. The quantitative estimate of drug-likeness (QED) is 0.682. The molecule has 0 saturated carbocycles. The highest BCUT2D eigenvalue weighted by atomic mass is 19.1. The molecule has 2 aromatic rings. The van der Waals surface area contributed by atoms with Crippen molar-refractivity contribution in [3.63, 3.8) is 0 Å². The summed E-state index contributed by atoms with van der Waals surface area (Å²) >= 11 is 0. The lowest BCUT2D eigenvalue weighted by Gasteiger charge is -2.27. The van der Waals surface area contributed by atoms with Crippen LogP contribution in [0.2, 0.25) is 0 Å². The Balaban J connectivity index is 2.37. The Morgan fingerprint density at radius 1 is 1.44 bits per heavy atom.